The molecule has 1 aliphatic rings. The number of morpholine rings is 1. The molecule has 0 saturated carbocycles. The zero-order chi connectivity index (χ0) is 19.3. The van der Waals surface area contributed by atoms with Crippen LogP contribution in [0.1, 0.15) is 10.4 Å². The first-order valence-corrected chi connectivity index (χ1v) is 11.0. The van der Waals surface area contributed by atoms with Crippen molar-refractivity contribution in [2.24, 2.45) is 0 Å². The maximum atomic E-state index is 12.9. The smallest absolute Gasteiger partial charge is 0.243 e. The van der Waals surface area contributed by atoms with Gasteiger partial charge in [0, 0.05) is 23.7 Å². The molecule has 0 bridgehead atoms. The number of ether oxygens (including phenoxy) is 1. The summed E-state index contributed by atoms with van der Waals surface area (Å²) in [6.45, 7) is 3.84. The van der Waals surface area contributed by atoms with Crippen molar-refractivity contribution < 1.29 is 17.9 Å². The summed E-state index contributed by atoms with van der Waals surface area (Å²) in [7, 11) is -3.58. The van der Waals surface area contributed by atoms with E-state index in [-0.39, 0.29) is 17.3 Å². The van der Waals surface area contributed by atoms with E-state index in [9.17, 15) is 13.2 Å². The standard InChI is InChI=1S/C18H23N3O4S2/c1-14-4-5-15(19-13-18(22)20-12-16-3-2-10-26-16)11-17(14)27(23,24)21-6-8-25-9-7-21/h2-5,10-11,19H,6-9,12-13H2,1H3,(H,20,22). The minimum Gasteiger partial charge on any atom is -0.379 e. The zero-order valence-electron chi connectivity index (χ0n) is 15.1. The van der Waals surface area contributed by atoms with E-state index in [4.69, 9.17) is 4.74 Å². The maximum absolute atomic E-state index is 12.9. The number of hydrogen-bond donors (Lipinski definition) is 2. The van der Waals surface area contributed by atoms with Gasteiger partial charge in [0.1, 0.15) is 0 Å². The number of anilines is 1. The highest BCUT2D eigenvalue weighted by atomic mass is 32.2. The van der Waals surface area contributed by atoms with Gasteiger partial charge in [-0.3, -0.25) is 4.79 Å². The fourth-order valence-corrected chi connectivity index (χ4v) is 5.06. The van der Waals surface area contributed by atoms with Crippen molar-refractivity contribution in [3.05, 3.63) is 46.2 Å². The van der Waals surface area contributed by atoms with Crippen LogP contribution in [0.4, 0.5) is 5.69 Å². The van der Waals surface area contributed by atoms with Crippen LogP contribution < -0.4 is 10.6 Å². The van der Waals surface area contributed by atoms with E-state index < -0.39 is 10.0 Å². The second-order valence-corrected chi connectivity index (χ2v) is 9.14. The van der Waals surface area contributed by atoms with Gasteiger partial charge in [0.05, 0.1) is 31.2 Å². The van der Waals surface area contributed by atoms with Gasteiger partial charge in [-0.05, 0) is 36.1 Å². The molecule has 2 aromatic rings. The molecule has 1 amide bonds. The van der Waals surface area contributed by atoms with E-state index in [2.05, 4.69) is 10.6 Å². The third-order valence-electron chi connectivity index (χ3n) is 4.27. The van der Waals surface area contributed by atoms with Crippen molar-refractivity contribution in [2.45, 2.75) is 18.4 Å². The predicted molar refractivity (Wildman–Crippen MR) is 105 cm³/mol. The quantitative estimate of drug-likeness (QED) is 0.728. The van der Waals surface area contributed by atoms with Crippen LogP contribution in [0.3, 0.4) is 0 Å². The molecule has 2 heterocycles. The largest absolute Gasteiger partial charge is 0.379 e. The third kappa shape index (κ3) is 5.07. The Balaban J connectivity index is 1.63. The molecule has 7 nitrogen and oxygen atoms in total. The van der Waals surface area contributed by atoms with Crippen LogP contribution in [0.15, 0.2) is 40.6 Å². The first kappa shape index (κ1) is 19.8. The molecule has 1 aromatic carbocycles. The molecule has 0 spiro atoms. The molecule has 1 fully saturated rings. The van der Waals surface area contributed by atoms with Crippen LogP contribution in [-0.2, 0) is 26.1 Å². The summed E-state index contributed by atoms with van der Waals surface area (Å²) in [6, 6.07) is 9.01. The Labute approximate surface area is 163 Å². The summed E-state index contributed by atoms with van der Waals surface area (Å²) in [5.41, 5.74) is 1.27. The van der Waals surface area contributed by atoms with E-state index >= 15 is 0 Å². The Hall–Kier alpha value is -1.94. The van der Waals surface area contributed by atoms with Crippen LogP contribution in [0.5, 0.6) is 0 Å². The summed E-state index contributed by atoms with van der Waals surface area (Å²) in [6.07, 6.45) is 0. The van der Waals surface area contributed by atoms with Crippen LogP contribution in [0, 0.1) is 6.92 Å². The second kappa shape index (κ2) is 8.83. The zero-order valence-corrected chi connectivity index (χ0v) is 16.7. The average molecular weight is 410 g/mol. The van der Waals surface area contributed by atoms with Gasteiger partial charge in [-0.2, -0.15) is 4.31 Å². The molecule has 0 atom stereocenters. The van der Waals surface area contributed by atoms with Gasteiger partial charge in [0.15, 0.2) is 0 Å². The van der Waals surface area contributed by atoms with E-state index in [0.717, 1.165) is 4.88 Å². The number of carbonyl (C=O) groups excluding carboxylic acids is 1. The van der Waals surface area contributed by atoms with Gasteiger partial charge in [0.25, 0.3) is 0 Å². The van der Waals surface area contributed by atoms with Gasteiger partial charge in [-0.1, -0.05) is 12.1 Å². The Bertz CT molecular complexity index is 876. The lowest BCUT2D eigenvalue weighted by Crippen LogP contribution is -2.40. The number of benzene rings is 1. The van der Waals surface area contributed by atoms with Gasteiger partial charge in [-0.25, -0.2) is 8.42 Å². The molecule has 0 radical (unpaired) electrons. The number of hydrogen-bond acceptors (Lipinski definition) is 6. The van der Waals surface area contributed by atoms with Crippen LogP contribution in [-0.4, -0.2) is 51.5 Å². The number of rotatable bonds is 7. The number of sulfonamides is 1. The third-order valence-corrected chi connectivity index (χ3v) is 7.19. The minimum atomic E-state index is -3.58. The van der Waals surface area contributed by atoms with Crippen molar-refractivity contribution in [3.8, 4) is 0 Å². The lowest BCUT2D eigenvalue weighted by molar-refractivity contribution is -0.119. The number of nitrogens with one attached hydrogen (secondary N) is 2. The first-order chi connectivity index (χ1) is 13.0. The molecule has 27 heavy (non-hydrogen) atoms. The Kier molecular flexibility index (Phi) is 6.48. The highest BCUT2D eigenvalue weighted by molar-refractivity contribution is 7.89. The van der Waals surface area contributed by atoms with E-state index in [1.165, 1.54) is 4.31 Å². The van der Waals surface area contributed by atoms with E-state index in [1.807, 2.05) is 17.5 Å². The van der Waals surface area contributed by atoms with Crippen molar-refractivity contribution in [2.75, 3.05) is 38.2 Å². The van der Waals surface area contributed by atoms with E-state index in [0.29, 0.717) is 44.1 Å². The van der Waals surface area contributed by atoms with Crippen molar-refractivity contribution >= 4 is 33.0 Å². The molecule has 1 aromatic heterocycles. The van der Waals surface area contributed by atoms with E-state index in [1.54, 1.807) is 36.5 Å². The molecule has 0 aliphatic carbocycles. The molecule has 2 N–H and O–H groups in total. The van der Waals surface area contributed by atoms with Crippen molar-refractivity contribution in [1.29, 1.82) is 0 Å². The predicted octanol–water partition coefficient (Wildman–Crippen LogP) is 1.81. The Morgan fingerprint density at radius 1 is 1.26 bits per heavy atom. The molecular weight excluding hydrogens is 386 g/mol. The van der Waals surface area contributed by atoms with Crippen molar-refractivity contribution in [1.82, 2.24) is 9.62 Å². The molecule has 1 aliphatic heterocycles. The topological polar surface area (TPSA) is 87.7 Å². The molecule has 9 heteroatoms. The SMILES string of the molecule is Cc1ccc(NCC(=O)NCc2cccs2)cc1S(=O)(=O)N1CCOCC1. The number of carbonyl (C=O) groups is 1. The van der Waals surface area contributed by atoms with Crippen LogP contribution in [0.2, 0.25) is 0 Å². The summed E-state index contributed by atoms with van der Waals surface area (Å²) >= 11 is 1.58. The summed E-state index contributed by atoms with van der Waals surface area (Å²) in [5.74, 6) is -0.151. The lowest BCUT2D eigenvalue weighted by atomic mass is 10.2. The second-order valence-electron chi connectivity index (χ2n) is 6.21. The monoisotopic (exact) mass is 409 g/mol. The normalized spacial score (nSPS) is 15.4. The number of nitrogens with zero attached hydrogens (tertiary/aromatic N) is 1. The Morgan fingerprint density at radius 3 is 2.74 bits per heavy atom. The number of thiophene rings is 1. The van der Waals surface area contributed by atoms with Crippen LogP contribution in [0.25, 0.3) is 0 Å². The highest BCUT2D eigenvalue weighted by Gasteiger charge is 2.27. The summed E-state index contributed by atoms with van der Waals surface area (Å²) in [4.78, 5) is 13.3. The summed E-state index contributed by atoms with van der Waals surface area (Å²) in [5, 5.41) is 7.79. The maximum Gasteiger partial charge on any atom is 0.243 e. The minimum absolute atomic E-state index is 0.0749. The van der Waals surface area contributed by atoms with Crippen molar-refractivity contribution in [3.63, 3.8) is 0 Å². The van der Waals surface area contributed by atoms with Gasteiger partial charge in [-0.15, -0.1) is 11.3 Å². The average Bonchev–Trinajstić information content (AvgIpc) is 3.20. The van der Waals surface area contributed by atoms with Gasteiger partial charge in [0.2, 0.25) is 15.9 Å². The molecule has 1 saturated heterocycles. The Morgan fingerprint density at radius 2 is 2.04 bits per heavy atom. The fourth-order valence-electron chi connectivity index (χ4n) is 2.76. The fraction of sp³-hybridized carbons (Fsp3) is 0.389. The lowest BCUT2D eigenvalue weighted by Gasteiger charge is -2.27. The van der Waals surface area contributed by atoms with Crippen LogP contribution >= 0.6 is 11.3 Å². The number of amides is 1. The molecule has 3 rings (SSSR count). The highest BCUT2D eigenvalue weighted by Crippen LogP contribution is 2.24. The summed E-state index contributed by atoms with van der Waals surface area (Å²) < 4.78 is 32.5. The molecule has 0 unspecified atom stereocenters. The molecular formula is C18H23N3O4S2. The van der Waals surface area contributed by atoms with Gasteiger partial charge < -0.3 is 15.4 Å². The van der Waals surface area contributed by atoms with Gasteiger partial charge >= 0.3 is 0 Å². The molecule has 146 valence electrons. The first-order valence-electron chi connectivity index (χ1n) is 8.68. The number of aryl methyl sites for hydroxylation is 1.